The zero-order chi connectivity index (χ0) is 12.7. The molecule has 0 radical (unpaired) electrons. The number of hydrogen-bond donors (Lipinski definition) is 1. The zero-order valence-corrected chi connectivity index (χ0v) is 11.2. The number of rotatable bonds is 7. The summed E-state index contributed by atoms with van der Waals surface area (Å²) in [4.78, 5) is 10.6. The van der Waals surface area contributed by atoms with Gasteiger partial charge in [-0.15, -0.1) is 0 Å². The van der Waals surface area contributed by atoms with Crippen LogP contribution in [-0.2, 0) is 6.42 Å². The van der Waals surface area contributed by atoms with Crippen LogP contribution in [0, 0.1) is 0 Å². The van der Waals surface area contributed by atoms with Crippen LogP contribution in [0.15, 0.2) is 6.07 Å². The number of hydrogen-bond acceptors (Lipinski definition) is 4. The molecule has 0 aliphatic heterocycles. The lowest BCUT2D eigenvalue weighted by Gasteiger charge is -2.18. The normalized spacial score (nSPS) is 10.6. The van der Waals surface area contributed by atoms with Crippen molar-refractivity contribution in [2.45, 2.75) is 32.6 Å². The maximum Gasteiger partial charge on any atom is 0.134 e. The predicted molar refractivity (Wildman–Crippen MR) is 70.6 cm³/mol. The molecular weight excluding hydrogens is 238 g/mol. The van der Waals surface area contributed by atoms with Crippen molar-refractivity contribution in [1.29, 1.82) is 0 Å². The lowest BCUT2D eigenvalue weighted by molar-refractivity contribution is 0.283. The molecule has 1 heterocycles. The van der Waals surface area contributed by atoms with E-state index in [9.17, 15) is 0 Å². The van der Waals surface area contributed by atoms with Gasteiger partial charge in [-0.1, -0.05) is 18.5 Å². The zero-order valence-electron chi connectivity index (χ0n) is 10.5. The summed E-state index contributed by atoms with van der Waals surface area (Å²) in [6.45, 7) is 3.19. The SMILES string of the molecule is CCc1nc(Cl)cc(N(C)CCCCCO)n1. The molecule has 5 heteroatoms. The lowest BCUT2D eigenvalue weighted by Crippen LogP contribution is -2.20. The molecule has 0 fully saturated rings. The van der Waals surface area contributed by atoms with Crippen molar-refractivity contribution < 1.29 is 5.11 Å². The maximum absolute atomic E-state index is 8.70. The third kappa shape index (κ3) is 4.88. The predicted octanol–water partition coefficient (Wildman–Crippen LogP) is 2.29. The minimum Gasteiger partial charge on any atom is -0.396 e. The van der Waals surface area contributed by atoms with E-state index in [0.717, 1.165) is 43.9 Å². The summed E-state index contributed by atoms with van der Waals surface area (Å²) in [7, 11) is 2.00. The molecule has 0 amide bonds. The van der Waals surface area contributed by atoms with E-state index in [1.54, 1.807) is 6.07 Å². The third-order valence-corrected chi connectivity index (χ3v) is 2.78. The van der Waals surface area contributed by atoms with Crippen molar-refractivity contribution in [2.24, 2.45) is 0 Å². The highest BCUT2D eigenvalue weighted by Gasteiger charge is 2.06. The molecular formula is C12H20ClN3O. The van der Waals surface area contributed by atoms with Gasteiger partial charge in [0, 0.05) is 32.7 Å². The smallest absolute Gasteiger partial charge is 0.134 e. The largest absolute Gasteiger partial charge is 0.396 e. The number of aliphatic hydroxyl groups is 1. The van der Waals surface area contributed by atoms with Crippen LogP contribution in [0.25, 0.3) is 0 Å². The fourth-order valence-electron chi connectivity index (χ4n) is 1.56. The van der Waals surface area contributed by atoms with Crippen LogP contribution in [0.3, 0.4) is 0 Å². The molecule has 0 unspecified atom stereocenters. The summed E-state index contributed by atoms with van der Waals surface area (Å²) in [5, 5.41) is 9.20. The van der Waals surface area contributed by atoms with Gasteiger partial charge < -0.3 is 10.0 Å². The van der Waals surface area contributed by atoms with E-state index < -0.39 is 0 Å². The first-order valence-electron chi connectivity index (χ1n) is 6.02. The van der Waals surface area contributed by atoms with Gasteiger partial charge in [0.15, 0.2) is 0 Å². The average molecular weight is 258 g/mol. The van der Waals surface area contributed by atoms with Crippen molar-refractivity contribution in [3.05, 3.63) is 17.0 Å². The fourth-order valence-corrected chi connectivity index (χ4v) is 1.75. The summed E-state index contributed by atoms with van der Waals surface area (Å²) < 4.78 is 0. The second kappa shape index (κ2) is 7.45. The number of aromatic nitrogens is 2. The summed E-state index contributed by atoms with van der Waals surface area (Å²) in [6.07, 6.45) is 3.71. The number of nitrogens with zero attached hydrogens (tertiary/aromatic N) is 3. The molecule has 0 aromatic carbocycles. The Labute approximate surface area is 108 Å². The standard InChI is InChI=1S/C12H20ClN3O/c1-3-11-14-10(13)9-12(15-11)16(2)7-5-4-6-8-17/h9,17H,3-8H2,1-2H3. The minimum absolute atomic E-state index is 0.267. The fraction of sp³-hybridized carbons (Fsp3) is 0.667. The van der Waals surface area contributed by atoms with Gasteiger partial charge in [-0.3, -0.25) is 0 Å². The Morgan fingerprint density at radius 1 is 1.29 bits per heavy atom. The Bertz CT molecular complexity index is 347. The second-order valence-electron chi connectivity index (χ2n) is 4.02. The number of aliphatic hydroxyl groups excluding tert-OH is 1. The van der Waals surface area contributed by atoms with Gasteiger partial charge in [-0.2, -0.15) is 0 Å². The monoisotopic (exact) mass is 257 g/mol. The molecule has 1 aromatic heterocycles. The van der Waals surface area contributed by atoms with Crippen molar-refractivity contribution in [3.63, 3.8) is 0 Å². The molecule has 4 nitrogen and oxygen atoms in total. The Balaban J connectivity index is 2.55. The Kier molecular flexibility index (Phi) is 6.22. The maximum atomic E-state index is 8.70. The summed E-state index contributed by atoms with van der Waals surface area (Å²) in [5.74, 6) is 1.64. The van der Waals surface area contributed by atoms with Crippen LogP contribution in [0.4, 0.5) is 5.82 Å². The van der Waals surface area contributed by atoms with Crippen molar-refractivity contribution in [1.82, 2.24) is 9.97 Å². The van der Waals surface area contributed by atoms with Crippen LogP contribution in [0.5, 0.6) is 0 Å². The number of aryl methyl sites for hydroxylation is 1. The third-order valence-electron chi connectivity index (χ3n) is 2.59. The van der Waals surface area contributed by atoms with Gasteiger partial charge in [-0.25, -0.2) is 9.97 Å². The lowest BCUT2D eigenvalue weighted by atomic mass is 10.2. The van der Waals surface area contributed by atoms with Crippen LogP contribution in [0.1, 0.15) is 32.0 Å². The van der Waals surface area contributed by atoms with E-state index >= 15 is 0 Å². The molecule has 17 heavy (non-hydrogen) atoms. The molecule has 0 saturated carbocycles. The van der Waals surface area contributed by atoms with Crippen molar-refractivity contribution >= 4 is 17.4 Å². The van der Waals surface area contributed by atoms with E-state index in [1.165, 1.54) is 0 Å². The number of halogens is 1. The van der Waals surface area contributed by atoms with Crippen molar-refractivity contribution in [3.8, 4) is 0 Å². The van der Waals surface area contributed by atoms with Gasteiger partial charge >= 0.3 is 0 Å². The molecule has 0 saturated heterocycles. The van der Waals surface area contributed by atoms with Gasteiger partial charge in [0.25, 0.3) is 0 Å². The van der Waals surface area contributed by atoms with Gasteiger partial charge in [0.2, 0.25) is 0 Å². The highest BCUT2D eigenvalue weighted by atomic mass is 35.5. The Morgan fingerprint density at radius 2 is 2.06 bits per heavy atom. The van der Waals surface area contributed by atoms with E-state index in [0.29, 0.717) is 5.15 Å². The first-order valence-corrected chi connectivity index (χ1v) is 6.40. The summed E-state index contributed by atoms with van der Waals surface area (Å²) in [6, 6.07) is 1.78. The molecule has 0 aliphatic carbocycles. The molecule has 0 spiro atoms. The quantitative estimate of drug-likeness (QED) is 0.602. The van der Waals surface area contributed by atoms with Gasteiger partial charge in [0.05, 0.1) is 0 Å². The number of anilines is 1. The topological polar surface area (TPSA) is 49.2 Å². The first kappa shape index (κ1) is 14.2. The highest BCUT2D eigenvalue weighted by molar-refractivity contribution is 6.29. The average Bonchev–Trinajstić information content (AvgIpc) is 2.33. The van der Waals surface area contributed by atoms with E-state index in [-0.39, 0.29) is 6.61 Å². The first-order chi connectivity index (χ1) is 8.17. The number of unbranched alkanes of at least 4 members (excludes halogenated alkanes) is 2. The highest BCUT2D eigenvalue weighted by Crippen LogP contribution is 2.15. The van der Waals surface area contributed by atoms with E-state index in [4.69, 9.17) is 16.7 Å². The van der Waals surface area contributed by atoms with E-state index in [1.807, 2.05) is 14.0 Å². The molecule has 0 atom stereocenters. The molecule has 1 aromatic rings. The Hall–Kier alpha value is -0.870. The van der Waals surface area contributed by atoms with Gasteiger partial charge in [0.1, 0.15) is 16.8 Å². The molecule has 0 aliphatic rings. The van der Waals surface area contributed by atoms with Crippen LogP contribution < -0.4 is 4.90 Å². The van der Waals surface area contributed by atoms with Crippen LogP contribution in [0.2, 0.25) is 5.15 Å². The molecule has 1 rings (SSSR count). The van der Waals surface area contributed by atoms with Gasteiger partial charge in [-0.05, 0) is 19.3 Å². The molecule has 1 N–H and O–H groups in total. The van der Waals surface area contributed by atoms with Crippen LogP contribution >= 0.6 is 11.6 Å². The summed E-state index contributed by atoms with van der Waals surface area (Å²) in [5.41, 5.74) is 0. The van der Waals surface area contributed by atoms with Crippen molar-refractivity contribution in [2.75, 3.05) is 25.1 Å². The van der Waals surface area contributed by atoms with E-state index in [2.05, 4.69) is 14.9 Å². The second-order valence-corrected chi connectivity index (χ2v) is 4.41. The minimum atomic E-state index is 0.267. The van der Waals surface area contributed by atoms with Crippen LogP contribution in [-0.4, -0.2) is 35.3 Å². The molecule has 96 valence electrons. The Morgan fingerprint density at radius 3 is 2.71 bits per heavy atom. The summed E-state index contributed by atoms with van der Waals surface area (Å²) >= 11 is 5.95. The molecule has 0 bridgehead atoms.